The molecule has 0 fully saturated rings. The van der Waals surface area contributed by atoms with Gasteiger partial charge in [0.25, 0.3) is 5.91 Å². The number of carbonyl (C=O) groups excluding carboxylic acids is 1. The molecule has 1 aromatic carbocycles. The Kier molecular flexibility index (Phi) is 4.23. The maximum atomic E-state index is 12.4. The molecule has 0 aliphatic rings. The van der Waals surface area contributed by atoms with Crippen LogP contribution in [0.2, 0.25) is 5.15 Å². The van der Waals surface area contributed by atoms with Crippen LogP contribution in [0.5, 0.6) is 0 Å². The number of amides is 1. The van der Waals surface area contributed by atoms with E-state index in [1.807, 2.05) is 0 Å². The quantitative estimate of drug-likeness (QED) is 0.853. The fraction of sp³-hybridized carbons (Fsp3) is 0.133. The number of aromatic nitrogens is 1. The molecule has 0 radical (unpaired) electrons. The van der Waals surface area contributed by atoms with Gasteiger partial charge in [-0.05, 0) is 37.1 Å². The van der Waals surface area contributed by atoms with Crippen LogP contribution in [0.4, 0.5) is 5.69 Å². The normalized spacial score (nSPS) is 10.2. The average Bonchev–Trinajstić information content (AvgIpc) is 2.43. The lowest BCUT2D eigenvalue weighted by Gasteiger charge is -2.13. The summed E-state index contributed by atoms with van der Waals surface area (Å²) in [6.45, 7) is 3.34. The van der Waals surface area contributed by atoms with E-state index >= 15 is 0 Å². The van der Waals surface area contributed by atoms with Crippen molar-refractivity contribution in [3.63, 3.8) is 0 Å². The van der Waals surface area contributed by atoms with Crippen molar-refractivity contribution < 1.29 is 14.7 Å². The largest absolute Gasteiger partial charge is 0.478 e. The zero-order valence-corrected chi connectivity index (χ0v) is 12.2. The van der Waals surface area contributed by atoms with Crippen LogP contribution < -0.4 is 5.32 Å². The first-order valence-corrected chi connectivity index (χ1v) is 6.55. The summed E-state index contributed by atoms with van der Waals surface area (Å²) in [5, 5.41) is 12.1. The molecule has 6 heteroatoms. The van der Waals surface area contributed by atoms with Crippen LogP contribution >= 0.6 is 11.6 Å². The summed E-state index contributed by atoms with van der Waals surface area (Å²) in [5.74, 6) is -1.66. The van der Waals surface area contributed by atoms with Crippen LogP contribution in [0.15, 0.2) is 30.5 Å². The zero-order chi connectivity index (χ0) is 15.6. The molecule has 2 rings (SSSR count). The number of pyridine rings is 1. The summed E-state index contributed by atoms with van der Waals surface area (Å²) in [5.41, 5.74) is 1.56. The highest BCUT2D eigenvalue weighted by molar-refractivity contribution is 6.32. The summed E-state index contributed by atoms with van der Waals surface area (Å²) in [6, 6.07) is 6.61. The van der Waals surface area contributed by atoms with Gasteiger partial charge in [-0.1, -0.05) is 23.7 Å². The summed E-state index contributed by atoms with van der Waals surface area (Å²) >= 11 is 5.89. The summed E-state index contributed by atoms with van der Waals surface area (Å²) in [6.07, 6.45) is 1.50. The first kappa shape index (κ1) is 15.0. The number of benzene rings is 1. The van der Waals surface area contributed by atoms with Gasteiger partial charge in [-0.15, -0.1) is 0 Å². The smallest absolute Gasteiger partial charge is 0.336 e. The van der Waals surface area contributed by atoms with Crippen molar-refractivity contribution in [2.75, 3.05) is 5.32 Å². The van der Waals surface area contributed by atoms with Crippen molar-refractivity contribution in [2.24, 2.45) is 0 Å². The van der Waals surface area contributed by atoms with Crippen molar-refractivity contribution in [1.82, 2.24) is 4.98 Å². The second-order valence-electron chi connectivity index (χ2n) is 4.55. The summed E-state index contributed by atoms with van der Waals surface area (Å²) in [7, 11) is 0. The molecular formula is C15H13ClN2O3. The van der Waals surface area contributed by atoms with E-state index in [4.69, 9.17) is 11.6 Å². The topological polar surface area (TPSA) is 79.3 Å². The van der Waals surface area contributed by atoms with Crippen LogP contribution in [0.1, 0.15) is 31.8 Å². The van der Waals surface area contributed by atoms with Gasteiger partial charge in [0.15, 0.2) is 5.15 Å². The van der Waals surface area contributed by atoms with E-state index in [2.05, 4.69) is 10.3 Å². The second kappa shape index (κ2) is 5.93. The van der Waals surface area contributed by atoms with E-state index in [-0.39, 0.29) is 16.3 Å². The van der Waals surface area contributed by atoms with Crippen molar-refractivity contribution in [3.05, 3.63) is 57.9 Å². The Morgan fingerprint density at radius 1 is 1.14 bits per heavy atom. The van der Waals surface area contributed by atoms with E-state index < -0.39 is 11.9 Å². The minimum Gasteiger partial charge on any atom is -0.478 e. The van der Waals surface area contributed by atoms with Gasteiger partial charge in [0.2, 0.25) is 0 Å². The van der Waals surface area contributed by atoms with E-state index in [9.17, 15) is 14.7 Å². The van der Waals surface area contributed by atoms with Crippen LogP contribution in [-0.2, 0) is 0 Å². The minimum atomic E-state index is -1.14. The molecule has 5 nitrogen and oxygen atoms in total. The van der Waals surface area contributed by atoms with Gasteiger partial charge in [-0.2, -0.15) is 0 Å². The molecular weight excluding hydrogens is 292 g/mol. The number of nitrogens with zero attached hydrogens (tertiary/aromatic N) is 1. The monoisotopic (exact) mass is 304 g/mol. The van der Waals surface area contributed by atoms with Crippen molar-refractivity contribution in [2.45, 2.75) is 13.8 Å². The number of aromatic carboxylic acids is 1. The fourth-order valence-electron chi connectivity index (χ4n) is 2.04. The van der Waals surface area contributed by atoms with Crippen molar-refractivity contribution in [3.8, 4) is 0 Å². The number of aryl methyl sites for hydroxylation is 2. The molecule has 1 amide bonds. The van der Waals surface area contributed by atoms with Crippen LogP contribution in [0, 0.1) is 13.8 Å². The van der Waals surface area contributed by atoms with Gasteiger partial charge in [-0.3, -0.25) is 4.79 Å². The van der Waals surface area contributed by atoms with Gasteiger partial charge in [-0.25, -0.2) is 9.78 Å². The van der Waals surface area contributed by atoms with E-state index in [1.165, 1.54) is 6.20 Å². The highest BCUT2D eigenvalue weighted by atomic mass is 35.5. The maximum absolute atomic E-state index is 12.4. The van der Waals surface area contributed by atoms with Crippen LogP contribution in [0.25, 0.3) is 0 Å². The Hall–Kier alpha value is -2.40. The molecule has 21 heavy (non-hydrogen) atoms. The lowest BCUT2D eigenvalue weighted by molar-refractivity contribution is 0.0691. The van der Waals surface area contributed by atoms with Crippen LogP contribution in [0.3, 0.4) is 0 Å². The number of hydrogen-bond acceptors (Lipinski definition) is 3. The maximum Gasteiger partial charge on any atom is 0.336 e. The molecule has 2 aromatic rings. The lowest BCUT2D eigenvalue weighted by Crippen LogP contribution is -2.19. The Labute approximate surface area is 126 Å². The first-order chi connectivity index (χ1) is 9.91. The molecule has 0 saturated heterocycles. The molecule has 2 N–H and O–H groups in total. The Bertz CT molecular complexity index is 729. The van der Waals surface area contributed by atoms with E-state index in [0.29, 0.717) is 16.8 Å². The van der Waals surface area contributed by atoms with Crippen molar-refractivity contribution in [1.29, 1.82) is 0 Å². The molecule has 0 bridgehead atoms. The molecule has 0 atom stereocenters. The number of carboxylic acid groups (broad SMARTS) is 1. The fourth-order valence-corrected chi connectivity index (χ4v) is 2.21. The molecule has 0 saturated carbocycles. The van der Waals surface area contributed by atoms with Gasteiger partial charge in [0, 0.05) is 6.20 Å². The van der Waals surface area contributed by atoms with Gasteiger partial charge in [0.05, 0.1) is 16.8 Å². The predicted octanol–water partition coefficient (Wildman–Crippen LogP) is 3.30. The Balaban J connectivity index is 2.47. The van der Waals surface area contributed by atoms with Gasteiger partial charge < -0.3 is 10.4 Å². The number of nitrogens with one attached hydrogen (secondary N) is 1. The van der Waals surface area contributed by atoms with Crippen molar-refractivity contribution >= 4 is 29.2 Å². The number of carbonyl (C=O) groups is 2. The Morgan fingerprint density at radius 2 is 1.76 bits per heavy atom. The zero-order valence-electron chi connectivity index (χ0n) is 11.5. The number of halogens is 1. The van der Waals surface area contributed by atoms with Gasteiger partial charge >= 0.3 is 5.97 Å². The highest BCUT2D eigenvalue weighted by Gasteiger charge is 2.21. The average molecular weight is 305 g/mol. The third-order valence-electron chi connectivity index (χ3n) is 3.07. The second-order valence-corrected chi connectivity index (χ2v) is 4.91. The molecule has 108 valence electrons. The lowest BCUT2D eigenvalue weighted by atomic mass is 9.96. The standard InChI is InChI=1S/C15H13ClN2O3/c1-8-5-6-9(2)12(15(20)21)11(8)14(19)18-10-4-3-7-17-13(10)16/h3-7H,1-2H3,(H,18,19)(H,20,21). The third kappa shape index (κ3) is 3.03. The SMILES string of the molecule is Cc1ccc(C)c(C(=O)Nc2cccnc2Cl)c1C(=O)O. The molecule has 1 aromatic heterocycles. The van der Waals surface area contributed by atoms with E-state index in [1.54, 1.807) is 38.1 Å². The summed E-state index contributed by atoms with van der Waals surface area (Å²) in [4.78, 5) is 27.7. The highest BCUT2D eigenvalue weighted by Crippen LogP contribution is 2.23. The molecule has 0 aliphatic heterocycles. The third-order valence-corrected chi connectivity index (χ3v) is 3.37. The number of hydrogen-bond donors (Lipinski definition) is 2. The predicted molar refractivity (Wildman–Crippen MR) is 80.1 cm³/mol. The van der Waals surface area contributed by atoms with Gasteiger partial charge in [0.1, 0.15) is 0 Å². The summed E-state index contributed by atoms with van der Waals surface area (Å²) < 4.78 is 0. The Morgan fingerprint density at radius 3 is 2.33 bits per heavy atom. The van der Waals surface area contributed by atoms with Crippen LogP contribution in [-0.4, -0.2) is 22.0 Å². The van der Waals surface area contributed by atoms with E-state index in [0.717, 1.165) is 0 Å². The molecule has 0 aliphatic carbocycles. The number of rotatable bonds is 3. The first-order valence-electron chi connectivity index (χ1n) is 6.17. The number of anilines is 1. The molecule has 0 spiro atoms. The molecule has 1 heterocycles. The minimum absolute atomic E-state index is 0.00693. The number of carboxylic acids is 1. The molecule has 0 unspecified atom stereocenters.